The van der Waals surface area contributed by atoms with Gasteiger partial charge in [0.2, 0.25) is 5.95 Å². The Balaban J connectivity index is 2.04. The van der Waals surface area contributed by atoms with Gasteiger partial charge in [-0.25, -0.2) is 0 Å². The molecule has 0 saturated heterocycles. The van der Waals surface area contributed by atoms with Gasteiger partial charge in [0, 0.05) is 18.7 Å². The highest BCUT2D eigenvalue weighted by Crippen LogP contribution is 2.27. The van der Waals surface area contributed by atoms with E-state index in [-0.39, 0.29) is 0 Å². The van der Waals surface area contributed by atoms with Crippen molar-refractivity contribution in [2.75, 3.05) is 22.9 Å². The van der Waals surface area contributed by atoms with Gasteiger partial charge in [-0.15, -0.1) is 0 Å². The van der Waals surface area contributed by atoms with Crippen LogP contribution in [-0.4, -0.2) is 22.6 Å². The lowest BCUT2D eigenvalue weighted by Crippen LogP contribution is -2.17. The summed E-state index contributed by atoms with van der Waals surface area (Å²) in [4.78, 5) is 8.35. The largest absolute Gasteiger partial charge is 0.370 e. The molecule has 5 heteroatoms. The lowest BCUT2D eigenvalue weighted by Gasteiger charge is -2.14. The van der Waals surface area contributed by atoms with Crippen LogP contribution in [0.15, 0.2) is 6.07 Å². The highest BCUT2D eigenvalue weighted by molar-refractivity contribution is 5.51. The molecule has 1 fully saturated rings. The quantitative estimate of drug-likeness (QED) is 0.745. The molecule has 5 nitrogen and oxygen atoms in total. The maximum absolute atomic E-state index is 5.69. The fourth-order valence-corrected chi connectivity index (χ4v) is 2.36. The number of anilines is 3. The van der Waals surface area contributed by atoms with E-state index in [4.69, 9.17) is 5.73 Å². The molecule has 17 heavy (non-hydrogen) atoms. The molecule has 0 aliphatic heterocycles. The van der Waals surface area contributed by atoms with E-state index >= 15 is 0 Å². The van der Waals surface area contributed by atoms with Crippen LogP contribution in [0.5, 0.6) is 0 Å². The van der Waals surface area contributed by atoms with Crippen LogP contribution in [0.1, 0.15) is 33.1 Å². The third kappa shape index (κ3) is 3.22. The van der Waals surface area contributed by atoms with Gasteiger partial charge in [-0.3, -0.25) is 0 Å². The first-order chi connectivity index (χ1) is 8.17. The minimum absolute atomic E-state index is 0.317. The topological polar surface area (TPSA) is 75.9 Å². The maximum Gasteiger partial charge on any atom is 0.223 e. The zero-order valence-electron chi connectivity index (χ0n) is 10.5. The van der Waals surface area contributed by atoms with Crippen molar-refractivity contribution in [3.05, 3.63) is 6.07 Å². The summed E-state index contributed by atoms with van der Waals surface area (Å²) >= 11 is 0. The Morgan fingerprint density at radius 3 is 2.76 bits per heavy atom. The van der Waals surface area contributed by atoms with E-state index in [0.29, 0.717) is 12.0 Å². The van der Waals surface area contributed by atoms with E-state index in [0.717, 1.165) is 24.1 Å². The Morgan fingerprint density at radius 2 is 2.12 bits per heavy atom. The van der Waals surface area contributed by atoms with Gasteiger partial charge in [0.05, 0.1) is 0 Å². The second-order valence-electron chi connectivity index (χ2n) is 4.79. The summed E-state index contributed by atoms with van der Waals surface area (Å²) in [7, 11) is 0. The van der Waals surface area contributed by atoms with E-state index in [1.807, 2.05) is 13.0 Å². The van der Waals surface area contributed by atoms with Crippen molar-refractivity contribution in [3.63, 3.8) is 0 Å². The molecular weight excluding hydrogens is 214 g/mol. The molecule has 4 N–H and O–H groups in total. The van der Waals surface area contributed by atoms with Crippen LogP contribution < -0.4 is 16.4 Å². The van der Waals surface area contributed by atoms with Gasteiger partial charge in [0.25, 0.3) is 0 Å². The van der Waals surface area contributed by atoms with Gasteiger partial charge < -0.3 is 16.4 Å². The highest BCUT2D eigenvalue weighted by atomic mass is 15.1. The number of nitrogens with one attached hydrogen (secondary N) is 2. The predicted molar refractivity (Wildman–Crippen MR) is 71.0 cm³/mol. The van der Waals surface area contributed by atoms with Crippen molar-refractivity contribution in [1.82, 2.24) is 9.97 Å². The molecule has 1 heterocycles. The third-order valence-electron chi connectivity index (χ3n) is 3.15. The number of nitrogens with two attached hydrogens (primary N) is 1. The van der Waals surface area contributed by atoms with Crippen molar-refractivity contribution in [2.24, 2.45) is 5.92 Å². The number of hydrogen-bond donors (Lipinski definition) is 3. The van der Waals surface area contributed by atoms with E-state index in [2.05, 4.69) is 27.5 Å². The van der Waals surface area contributed by atoms with Gasteiger partial charge >= 0.3 is 0 Å². The molecule has 0 amide bonds. The standard InChI is InChI=1S/C12H21N5/c1-3-14-10-7-11(17-12(13)16-10)15-9-5-4-8(2)6-9/h7-9H,3-6H2,1-2H3,(H4,13,14,15,16,17). The van der Waals surface area contributed by atoms with Crippen molar-refractivity contribution in [1.29, 1.82) is 0 Å². The van der Waals surface area contributed by atoms with Crippen LogP contribution in [0.3, 0.4) is 0 Å². The SMILES string of the molecule is CCNc1cc(NC2CCC(C)C2)nc(N)n1. The van der Waals surface area contributed by atoms with E-state index in [1.54, 1.807) is 0 Å². The molecule has 1 saturated carbocycles. The van der Waals surface area contributed by atoms with Gasteiger partial charge in [0.1, 0.15) is 11.6 Å². The number of hydrogen-bond acceptors (Lipinski definition) is 5. The molecule has 2 rings (SSSR count). The van der Waals surface area contributed by atoms with Gasteiger partial charge in [0.15, 0.2) is 0 Å². The Bertz CT molecular complexity index is 379. The number of nitrogens with zero attached hydrogens (tertiary/aromatic N) is 2. The number of aromatic nitrogens is 2. The van der Waals surface area contributed by atoms with Crippen LogP contribution >= 0.6 is 0 Å². The van der Waals surface area contributed by atoms with Crippen LogP contribution in [0.2, 0.25) is 0 Å². The lowest BCUT2D eigenvalue weighted by molar-refractivity contribution is 0.602. The van der Waals surface area contributed by atoms with Crippen molar-refractivity contribution >= 4 is 17.6 Å². The lowest BCUT2D eigenvalue weighted by atomic mass is 10.1. The minimum Gasteiger partial charge on any atom is -0.370 e. The Labute approximate surface area is 102 Å². The summed E-state index contributed by atoms with van der Waals surface area (Å²) in [5, 5.41) is 6.59. The summed E-state index contributed by atoms with van der Waals surface area (Å²) < 4.78 is 0. The summed E-state index contributed by atoms with van der Waals surface area (Å²) in [6, 6.07) is 2.44. The molecule has 2 unspecified atom stereocenters. The van der Waals surface area contributed by atoms with Crippen LogP contribution in [0, 0.1) is 5.92 Å². The molecule has 0 aromatic carbocycles. The highest BCUT2D eigenvalue weighted by Gasteiger charge is 2.21. The van der Waals surface area contributed by atoms with Crippen LogP contribution in [0.25, 0.3) is 0 Å². The molecular formula is C12H21N5. The molecule has 1 aromatic rings. The summed E-state index contributed by atoms with van der Waals surface area (Å²) in [5.41, 5.74) is 5.69. The monoisotopic (exact) mass is 235 g/mol. The predicted octanol–water partition coefficient (Wildman–Crippen LogP) is 2.09. The normalized spacial score (nSPS) is 23.6. The molecule has 1 aliphatic rings. The smallest absolute Gasteiger partial charge is 0.223 e. The molecule has 0 bridgehead atoms. The summed E-state index contributed by atoms with van der Waals surface area (Å²) in [6.45, 7) is 5.15. The second kappa shape index (κ2) is 5.21. The second-order valence-corrected chi connectivity index (χ2v) is 4.79. The fraction of sp³-hybridized carbons (Fsp3) is 0.667. The van der Waals surface area contributed by atoms with Gasteiger partial charge in [-0.1, -0.05) is 6.92 Å². The number of nitrogen functional groups attached to an aromatic ring is 1. The minimum atomic E-state index is 0.317. The molecule has 0 spiro atoms. The van der Waals surface area contributed by atoms with Gasteiger partial charge in [-0.05, 0) is 32.1 Å². The molecule has 0 radical (unpaired) electrons. The first-order valence-electron chi connectivity index (χ1n) is 6.32. The number of rotatable bonds is 4. The molecule has 1 aliphatic carbocycles. The molecule has 94 valence electrons. The van der Waals surface area contributed by atoms with E-state index in [9.17, 15) is 0 Å². The van der Waals surface area contributed by atoms with E-state index < -0.39 is 0 Å². The Kier molecular flexibility index (Phi) is 3.66. The molecule has 1 aromatic heterocycles. The van der Waals surface area contributed by atoms with Gasteiger partial charge in [-0.2, -0.15) is 9.97 Å². The first kappa shape index (κ1) is 12.0. The summed E-state index contributed by atoms with van der Waals surface area (Å²) in [5.74, 6) is 2.73. The molecule has 2 atom stereocenters. The average Bonchev–Trinajstić information content (AvgIpc) is 2.63. The summed E-state index contributed by atoms with van der Waals surface area (Å²) in [6.07, 6.45) is 3.71. The van der Waals surface area contributed by atoms with Crippen LogP contribution in [-0.2, 0) is 0 Å². The van der Waals surface area contributed by atoms with Crippen LogP contribution in [0.4, 0.5) is 17.6 Å². The Morgan fingerprint density at radius 1 is 1.35 bits per heavy atom. The fourth-order valence-electron chi connectivity index (χ4n) is 2.36. The first-order valence-corrected chi connectivity index (χ1v) is 6.32. The van der Waals surface area contributed by atoms with Crippen molar-refractivity contribution < 1.29 is 0 Å². The Hall–Kier alpha value is -1.52. The van der Waals surface area contributed by atoms with Crippen molar-refractivity contribution in [3.8, 4) is 0 Å². The zero-order chi connectivity index (χ0) is 12.3. The zero-order valence-corrected chi connectivity index (χ0v) is 10.5. The maximum atomic E-state index is 5.69. The third-order valence-corrected chi connectivity index (χ3v) is 3.15. The average molecular weight is 235 g/mol. The van der Waals surface area contributed by atoms with Crippen molar-refractivity contribution in [2.45, 2.75) is 39.2 Å². The van der Waals surface area contributed by atoms with E-state index in [1.165, 1.54) is 19.3 Å².